The summed E-state index contributed by atoms with van der Waals surface area (Å²) in [7, 11) is 1.35. The van der Waals surface area contributed by atoms with Crippen LogP contribution < -0.4 is 0 Å². The lowest BCUT2D eigenvalue weighted by atomic mass is 9.82. The fourth-order valence-electron chi connectivity index (χ4n) is 1.45. The summed E-state index contributed by atoms with van der Waals surface area (Å²) >= 11 is 0. The average Bonchev–Trinajstić information content (AvgIpc) is 2.28. The SMILES string of the molecule is COC(=O)c1ccccc1C(C)(C)CO. The van der Waals surface area contributed by atoms with Gasteiger partial charge >= 0.3 is 5.97 Å². The Morgan fingerprint density at radius 1 is 1.40 bits per heavy atom. The average molecular weight is 208 g/mol. The minimum absolute atomic E-state index is 0.0129. The van der Waals surface area contributed by atoms with E-state index in [4.69, 9.17) is 4.74 Å². The van der Waals surface area contributed by atoms with Crippen LogP contribution in [0.25, 0.3) is 0 Å². The predicted molar refractivity (Wildman–Crippen MR) is 57.9 cm³/mol. The first-order valence-electron chi connectivity index (χ1n) is 4.81. The quantitative estimate of drug-likeness (QED) is 0.770. The molecule has 0 bridgehead atoms. The highest BCUT2D eigenvalue weighted by Crippen LogP contribution is 2.26. The Balaban J connectivity index is 3.23. The molecule has 0 aliphatic rings. The number of benzene rings is 1. The molecule has 0 heterocycles. The summed E-state index contributed by atoms with van der Waals surface area (Å²) < 4.78 is 4.70. The number of aliphatic hydroxyl groups excluding tert-OH is 1. The van der Waals surface area contributed by atoms with Gasteiger partial charge in [-0.3, -0.25) is 0 Å². The van der Waals surface area contributed by atoms with Crippen molar-refractivity contribution >= 4 is 5.97 Å². The molecule has 0 unspecified atom stereocenters. The highest BCUT2D eigenvalue weighted by atomic mass is 16.5. The van der Waals surface area contributed by atoms with E-state index in [2.05, 4.69) is 0 Å². The van der Waals surface area contributed by atoms with Crippen LogP contribution in [0.1, 0.15) is 29.8 Å². The van der Waals surface area contributed by atoms with Crippen LogP contribution in [0.2, 0.25) is 0 Å². The highest BCUT2D eigenvalue weighted by Gasteiger charge is 2.25. The predicted octanol–water partition coefficient (Wildman–Crippen LogP) is 1.74. The van der Waals surface area contributed by atoms with E-state index in [1.165, 1.54) is 7.11 Å². The molecule has 0 amide bonds. The smallest absolute Gasteiger partial charge is 0.338 e. The van der Waals surface area contributed by atoms with Gasteiger partial charge in [-0.2, -0.15) is 0 Å². The number of carbonyl (C=O) groups excluding carboxylic acids is 1. The van der Waals surface area contributed by atoms with E-state index < -0.39 is 5.41 Å². The maximum atomic E-state index is 11.5. The molecule has 1 N–H and O–H groups in total. The molecule has 0 aliphatic carbocycles. The third-order valence-electron chi connectivity index (χ3n) is 2.46. The monoisotopic (exact) mass is 208 g/mol. The second-order valence-corrected chi connectivity index (χ2v) is 4.08. The molecular weight excluding hydrogens is 192 g/mol. The first-order chi connectivity index (χ1) is 7.03. The van der Waals surface area contributed by atoms with Crippen LogP contribution in [0.15, 0.2) is 24.3 Å². The van der Waals surface area contributed by atoms with Crippen molar-refractivity contribution < 1.29 is 14.6 Å². The number of methoxy groups -OCH3 is 1. The van der Waals surface area contributed by atoms with Gasteiger partial charge in [0.15, 0.2) is 0 Å². The molecule has 0 aliphatic heterocycles. The first-order valence-corrected chi connectivity index (χ1v) is 4.81. The minimum Gasteiger partial charge on any atom is -0.465 e. The van der Waals surface area contributed by atoms with Crippen LogP contribution in [0.3, 0.4) is 0 Å². The van der Waals surface area contributed by atoms with Gasteiger partial charge in [0.05, 0.1) is 19.3 Å². The fraction of sp³-hybridized carbons (Fsp3) is 0.417. The molecule has 82 valence electrons. The van der Waals surface area contributed by atoms with E-state index in [0.717, 1.165) is 5.56 Å². The summed E-state index contributed by atoms with van der Waals surface area (Å²) in [6, 6.07) is 7.17. The number of esters is 1. The standard InChI is InChI=1S/C12H16O3/c1-12(2,8-13)10-7-5-4-6-9(10)11(14)15-3/h4-7,13H,8H2,1-3H3. The van der Waals surface area contributed by atoms with E-state index in [0.29, 0.717) is 5.56 Å². The third-order valence-corrected chi connectivity index (χ3v) is 2.46. The van der Waals surface area contributed by atoms with Crippen LogP contribution in [0.4, 0.5) is 0 Å². The number of rotatable bonds is 3. The Kier molecular flexibility index (Phi) is 3.48. The van der Waals surface area contributed by atoms with Crippen molar-refractivity contribution in [2.75, 3.05) is 13.7 Å². The van der Waals surface area contributed by atoms with Crippen molar-refractivity contribution in [3.8, 4) is 0 Å². The Hall–Kier alpha value is -1.35. The topological polar surface area (TPSA) is 46.5 Å². The van der Waals surface area contributed by atoms with Gasteiger partial charge in [-0.1, -0.05) is 32.0 Å². The van der Waals surface area contributed by atoms with E-state index in [-0.39, 0.29) is 12.6 Å². The summed E-state index contributed by atoms with van der Waals surface area (Å²) in [4.78, 5) is 11.5. The lowest BCUT2D eigenvalue weighted by Crippen LogP contribution is -2.25. The number of ether oxygens (including phenoxy) is 1. The Bertz CT molecular complexity index is 356. The van der Waals surface area contributed by atoms with Gasteiger partial charge in [0.25, 0.3) is 0 Å². The molecule has 0 spiro atoms. The van der Waals surface area contributed by atoms with E-state index in [1.807, 2.05) is 26.0 Å². The largest absolute Gasteiger partial charge is 0.465 e. The normalized spacial score (nSPS) is 11.2. The van der Waals surface area contributed by atoms with Crippen LogP contribution in [0, 0.1) is 0 Å². The van der Waals surface area contributed by atoms with Crippen molar-refractivity contribution in [3.05, 3.63) is 35.4 Å². The molecule has 15 heavy (non-hydrogen) atoms. The van der Waals surface area contributed by atoms with Gasteiger partial charge < -0.3 is 9.84 Å². The van der Waals surface area contributed by atoms with Crippen LogP contribution >= 0.6 is 0 Å². The second kappa shape index (κ2) is 4.45. The zero-order chi connectivity index (χ0) is 11.5. The summed E-state index contributed by atoms with van der Waals surface area (Å²) in [6.45, 7) is 3.75. The molecule has 1 aromatic carbocycles. The highest BCUT2D eigenvalue weighted by molar-refractivity contribution is 5.91. The molecule has 1 rings (SSSR count). The molecule has 0 atom stereocenters. The van der Waals surface area contributed by atoms with Crippen molar-refractivity contribution in [1.29, 1.82) is 0 Å². The molecule has 3 heteroatoms. The maximum absolute atomic E-state index is 11.5. The molecule has 0 fully saturated rings. The van der Waals surface area contributed by atoms with Gasteiger partial charge in [0, 0.05) is 5.41 Å². The van der Waals surface area contributed by atoms with Crippen LogP contribution in [-0.4, -0.2) is 24.8 Å². The van der Waals surface area contributed by atoms with E-state index in [1.54, 1.807) is 12.1 Å². The Morgan fingerprint density at radius 3 is 2.53 bits per heavy atom. The second-order valence-electron chi connectivity index (χ2n) is 4.08. The van der Waals surface area contributed by atoms with Crippen molar-refractivity contribution in [2.24, 2.45) is 0 Å². The summed E-state index contributed by atoms with van der Waals surface area (Å²) in [5.74, 6) is -0.368. The number of carbonyl (C=O) groups is 1. The zero-order valence-corrected chi connectivity index (χ0v) is 9.28. The van der Waals surface area contributed by atoms with Crippen molar-refractivity contribution in [2.45, 2.75) is 19.3 Å². The number of hydrogen-bond acceptors (Lipinski definition) is 3. The lowest BCUT2D eigenvalue weighted by molar-refractivity contribution is 0.0596. The molecule has 1 aromatic rings. The maximum Gasteiger partial charge on any atom is 0.338 e. The van der Waals surface area contributed by atoms with Gasteiger partial charge in [-0.05, 0) is 11.6 Å². The molecule has 0 saturated heterocycles. The summed E-state index contributed by atoms with van der Waals surface area (Å²) in [5, 5.41) is 9.27. The van der Waals surface area contributed by atoms with E-state index >= 15 is 0 Å². The van der Waals surface area contributed by atoms with Gasteiger partial charge in [0.2, 0.25) is 0 Å². The van der Waals surface area contributed by atoms with Crippen molar-refractivity contribution in [3.63, 3.8) is 0 Å². The Labute approximate surface area is 89.7 Å². The molecule has 3 nitrogen and oxygen atoms in total. The lowest BCUT2D eigenvalue weighted by Gasteiger charge is -2.24. The van der Waals surface area contributed by atoms with Gasteiger partial charge in [0.1, 0.15) is 0 Å². The van der Waals surface area contributed by atoms with Crippen molar-refractivity contribution in [1.82, 2.24) is 0 Å². The number of hydrogen-bond donors (Lipinski definition) is 1. The molecule has 0 saturated carbocycles. The summed E-state index contributed by atoms with van der Waals surface area (Å²) in [5.41, 5.74) is 0.878. The van der Waals surface area contributed by atoms with E-state index in [9.17, 15) is 9.90 Å². The van der Waals surface area contributed by atoms with Gasteiger partial charge in [-0.15, -0.1) is 0 Å². The zero-order valence-electron chi connectivity index (χ0n) is 9.28. The van der Waals surface area contributed by atoms with Crippen LogP contribution in [0.5, 0.6) is 0 Å². The first kappa shape index (κ1) is 11.7. The van der Waals surface area contributed by atoms with Crippen LogP contribution in [-0.2, 0) is 10.2 Å². The molecule has 0 aromatic heterocycles. The Morgan fingerprint density at radius 2 is 2.00 bits per heavy atom. The third kappa shape index (κ3) is 2.36. The molecule has 0 radical (unpaired) electrons. The fourth-order valence-corrected chi connectivity index (χ4v) is 1.45. The summed E-state index contributed by atoms with van der Waals surface area (Å²) in [6.07, 6.45) is 0. The minimum atomic E-state index is -0.440. The number of aliphatic hydroxyl groups is 1. The molecular formula is C12H16O3. The van der Waals surface area contributed by atoms with Gasteiger partial charge in [-0.25, -0.2) is 4.79 Å².